The number of thiophene rings is 1. The molecule has 0 radical (unpaired) electrons. The van der Waals surface area contributed by atoms with Crippen molar-refractivity contribution in [1.29, 1.82) is 0 Å². The number of carbonyl (C=O) groups is 2. The van der Waals surface area contributed by atoms with Crippen LogP contribution in [0.25, 0.3) is 0 Å². The van der Waals surface area contributed by atoms with Crippen molar-refractivity contribution in [1.82, 2.24) is 0 Å². The number of Topliss-reactive ketones (excluding diaryl/α,β-unsaturated/α-hetero) is 1. The Morgan fingerprint density at radius 2 is 1.87 bits per heavy atom. The van der Waals surface area contributed by atoms with Crippen molar-refractivity contribution < 1.29 is 14.3 Å². The van der Waals surface area contributed by atoms with E-state index in [1.54, 1.807) is 18.3 Å². The number of carbonyl (C=O) groups excluding carboxylic acids is 2. The largest absolute Gasteiger partial charge is 0.466 e. The lowest BCUT2D eigenvalue weighted by Crippen LogP contribution is -2.07. The predicted octanol–water partition coefficient (Wildman–Crippen LogP) is 3.96. The Balaban J connectivity index is 1.71. The highest BCUT2D eigenvalue weighted by atomic mass is 32.1. The fourth-order valence-electron chi connectivity index (χ4n) is 2.96. The maximum Gasteiger partial charge on any atom is 0.306 e. The summed E-state index contributed by atoms with van der Waals surface area (Å²) in [5.41, 5.74) is 4.03. The summed E-state index contributed by atoms with van der Waals surface area (Å²) in [6, 6.07) is 10.5. The van der Waals surface area contributed by atoms with Gasteiger partial charge in [-0.25, -0.2) is 0 Å². The van der Waals surface area contributed by atoms with Crippen molar-refractivity contribution in [2.45, 2.75) is 39.0 Å². The summed E-state index contributed by atoms with van der Waals surface area (Å²) >= 11 is 1.59. The molecule has 3 rings (SSSR count). The summed E-state index contributed by atoms with van der Waals surface area (Å²) in [7, 11) is 0. The molecule has 0 spiro atoms. The molecule has 120 valence electrons. The summed E-state index contributed by atoms with van der Waals surface area (Å²) in [6.45, 7) is 2.13. The molecular formula is C19H20O3S. The van der Waals surface area contributed by atoms with Gasteiger partial charge < -0.3 is 4.74 Å². The summed E-state index contributed by atoms with van der Waals surface area (Å²) in [5.74, 6) is -0.252. The molecule has 23 heavy (non-hydrogen) atoms. The maximum absolute atomic E-state index is 12.3. The molecule has 1 heterocycles. The number of aryl methyl sites for hydroxylation is 2. The molecule has 1 aliphatic carbocycles. The Morgan fingerprint density at radius 3 is 2.65 bits per heavy atom. The van der Waals surface area contributed by atoms with Crippen LogP contribution in [-0.4, -0.2) is 18.4 Å². The Hall–Kier alpha value is -1.94. The van der Waals surface area contributed by atoms with E-state index in [1.807, 2.05) is 6.07 Å². The summed E-state index contributed by atoms with van der Waals surface area (Å²) < 4.78 is 4.88. The lowest BCUT2D eigenvalue weighted by atomic mass is 10.0. The molecule has 1 aromatic heterocycles. The molecule has 0 amide bonds. The minimum Gasteiger partial charge on any atom is -0.466 e. The highest BCUT2D eigenvalue weighted by Gasteiger charge is 2.19. The van der Waals surface area contributed by atoms with Gasteiger partial charge in [-0.15, -0.1) is 11.3 Å². The standard InChI is InChI=1S/C19H20O3S/c1-2-22-19(21)10-8-16(20)18-12-15-11-14-6-4-3-5-13(14)7-9-17(15)23-18/h3-6,12H,2,7-11H2,1H3. The van der Waals surface area contributed by atoms with Crippen LogP contribution in [0, 0.1) is 0 Å². The first-order valence-corrected chi connectivity index (χ1v) is 8.86. The van der Waals surface area contributed by atoms with E-state index in [0.29, 0.717) is 6.61 Å². The minimum atomic E-state index is -0.298. The van der Waals surface area contributed by atoms with Crippen LogP contribution in [0.5, 0.6) is 0 Å². The number of hydrogen-bond acceptors (Lipinski definition) is 4. The molecule has 0 bridgehead atoms. The Kier molecular flexibility index (Phi) is 4.91. The quantitative estimate of drug-likeness (QED) is 0.616. The molecule has 0 aliphatic heterocycles. The van der Waals surface area contributed by atoms with Crippen molar-refractivity contribution in [3.05, 3.63) is 56.8 Å². The molecule has 1 aromatic carbocycles. The van der Waals surface area contributed by atoms with E-state index in [0.717, 1.165) is 24.1 Å². The minimum absolute atomic E-state index is 0.0458. The van der Waals surface area contributed by atoms with Crippen molar-refractivity contribution >= 4 is 23.1 Å². The van der Waals surface area contributed by atoms with Gasteiger partial charge in [-0.3, -0.25) is 9.59 Å². The van der Waals surface area contributed by atoms with Crippen molar-refractivity contribution in [3.63, 3.8) is 0 Å². The number of fused-ring (bicyclic) bond motifs is 2. The second kappa shape index (κ2) is 7.09. The van der Waals surface area contributed by atoms with Gasteiger partial charge in [-0.05, 0) is 48.9 Å². The first kappa shape index (κ1) is 15.9. The van der Waals surface area contributed by atoms with E-state index < -0.39 is 0 Å². The van der Waals surface area contributed by atoms with E-state index >= 15 is 0 Å². The average Bonchev–Trinajstić information content (AvgIpc) is 2.87. The lowest BCUT2D eigenvalue weighted by molar-refractivity contribution is -0.143. The van der Waals surface area contributed by atoms with Gasteiger partial charge in [0.1, 0.15) is 0 Å². The molecule has 1 aliphatic rings. The third kappa shape index (κ3) is 3.70. The fraction of sp³-hybridized carbons (Fsp3) is 0.368. The zero-order chi connectivity index (χ0) is 16.2. The molecule has 4 heteroatoms. The Labute approximate surface area is 140 Å². The van der Waals surface area contributed by atoms with E-state index in [-0.39, 0.29) is 24.6 Å². The number of hydrogen-bond donors (Lipinski definition) is 0. The molecule has 0 fully saturated rings. The van der Waals surface area contributed by atoms with Gasteiger partial charge in [0.15, 0.2) is 5.78 Å². The van der Waals surface area contributed by atoms with E-state index in [1.165, 1.54) is 21.6 Å². The summed E-state index contributed by atoms with van der Waals surface area (Å²) in [4.78, 5) is 25.8. The topological polar surface area (TPSA) is 43.4 Å². The highest BCUT2D eigenvalue weighted by Crippen LogP contribution is 2.31. The van der Waals surface area contributed by atoms with Crippen LogP contribution in [-0.2, 0) is 28.8 Å². The van der Waals surface area contributed by atoms with Gasteiger partial charge in [0.25, 0.3) is 0 Å². The monoisotopic (exact) mass is 328 g/mol. The second-order valence-corrected chi connectivity index (χ2v) is 6.87. The van der Waals surface area contributed by atoms with E-state index in [4.69, 9.17) is 4.74 Å². The van der Waals surface area contributed by atoms with Crippen LogP contribution in [0.1, 0.15) is 51.0 Å². The van der Waals surface area contributed by atoms with Crippen molar-refractivity contribution in [2.24, 2.45) is 0 Å². The van der Waals surface area contributed by atoms with Gasteiger partial charge in [0.2, 0.25) is 0 Å². The molecule has 0 N–H and O–H groups in total. The lowest BCUT2D eigenvalue weighted by Gasteiger charge is -2.04. The van der Waals surface area contributed by atoms with E-state index in [2.05, 4.69) is 24.3 Å². The smallest absolute Gasteiger partial charge is 0.306 e. The fourth-order valence-corrected chi connectivity index (χ4v) is 4.11. The van der Waals surface area contributed by atoms with Gasteiger partial charge >= 0.3 is 5.97 Å². The molecule has 0 saturated heterocycles. The zero-order valence-corrected chi connectivity index (χ0v) is 14.1. The SMILES string of the molecule is CCOC(=O)CCC(=O)c1cc2c(s1)CCc1ccccc1C2. The normalized spacial score (nSPS) is 12.9. The molecule has 0 saturated carbocycles. The number of ketones is 1. The van der Waals surface area contributed by atoms with Crippen LogP contribution in [0.4, 0.5) is 0 Å². The van der Waals surface area contributed by atoms with Crippen molar-refractivity contribution in [3.8, 4) is 0 Å². The van der Waals surface area contributed by atoms with Crippen LogP contribution in [0.15, 0.2) is 30.3 Å². The number of benzene rings is 1. The first-order chi connectivity index (χ1) is 11.2. The number of rotatable bonds is 5. The maximum atomic E-state index is 12.3. The molecule has 2 aromatic rings. The van der Waals surface area contributed by atoms with Gasteiger partial charge in [0, 0.05) is 11.3 Å². The second-order valence-electron chi connectivity index (χ2n) is 5.73. The molecular weight excluding hydrogens is 308 g/mol. The molecule has 3 nitrogen and oxygen atoms in total. The first-order valence-electron chi connectivity index (χ1n) is 8.04. The number of ether oxygens (including phenoxy) is 1. The van der Waals surface area contributed by atoms with E-state index in [9.17, 15) is 9.59 Å². The van der Waals surface area contributed by atoms with Crippen LogP contribution >= 0.6 is 11.3 Å². The average molecular weight is 328 g/mol. The summed E-state index contributed by atoms with van der Waals surface area (Å²) in [5, 5.41) is 0. The van der Waals surface area contributed by atoms with Gasteiger partial charge in [-0.1, -0.05) is 24.3 Å². The molecule has 0 atom stereocenters. The highest BCUT2D eigenvalue weighted by molar-refractivity contribution is 7.14. The van der Waals surface area contributed by atoms with Crippen molar-refractivity contribution in [2.75, 3.05) is 6.61 Å². The van der Waals surface area contributed by atoms with Crippen LogP contribution in [0.3, 0.4) is 0 Å². The van der Waals surface area contributed by atoms with Crippen LogP contribution in [0.2, 0.25) is 0 Å². The Morgan fingerprint density at radius 1 is 1.09 bits per heavy atom. The Bertz CT molecular complexity index is 730. The predicted molar refractivity (Wildman–Crippen MR) is 91.2 cm³/mol. The number of esters is 1. The van der Waals surface area contributed by atoms with Crippen LogP contribution < -0.4 is 0 Å². The van der Waals surface area contributed by atoms with Gasteiger partial charge in [0.05, 0.1) is 17.9 Å². The van der Waals surface area contributed by atoms with Gasteiger partial charge in [-0.2, -0.15) is 0 Å². The molecule has 0 unspecified atom stereocenters. The third-order valence-electron chi connectivity index (χ3n) is 4.15. The summed E-state index contributed by atoms with van der Waals surface area (Å²) in [6.07, 6.45) is 3.31. The third-order valence-corrected chi connectivity index (χ3v) is 5.43. The zero-order valence-electron chi connectivity index (χ0n) is 13.3.